The van der Waals surface area contributed by atoms with Gasteiger partial charge in [-0.3, -0.25) is 10.2 Å². The van der Waals surface area contributed by atoms with Crippen LogP contribution in [0.5, 0.6) is 0 Å². The van der Waals surface area contributed by atoms with E-state index in [0.29, 0.717) is 11.3 Å². The number of rotatable bonds is 3. The van der Waals surface area contributed by atoms with Crippen molar-refractivity contribution in [2.45, 2.75) is 13.0 Å². The van der Waals surface area contributed by atoms with E-state index in [4.69, 9.17) is 0 Å². The Morgan fingerprint density at radius 2 is 1.54 bits per heavy atom. The number of carbonyl (C=O) groups excluding carboxylic acids is 1. The average Bonchev–Trinajstić information content (AvgIpc) is 3.14. The van der Waals surface area contributed by atoms with Gasteiger partial charge in [0.15, 0.2) is 0 Å². The van der Waals surface area contributed by atoms with Gasteiger partial charge in [-0.1, -0.05) is 60.2 Å². The van der Waals surface area contributed by atoms with Crippen molar-refractivity contribution in [2.75, 3.05) is 0 Å². The number of nitrogens with zero attached hydrogens (tertiary/aromatic N) is 1. The lowest BCUT2D eigenvalue weighted by Gasteiger charge is -2.26. The largest absolute Gasteiger partial charge is 0.295 e. The highest BCUT2D eigenvalue weighted by molar-refractivity contribution is 5.96. The molecule has 0 unspecified atom stereocenters. The number of benzene rings is 3. The third-order valence-corrected chi connectivity index (χ3v) is 4.75. The maximum Gasteiger partial charge on any atom is 0.276 e. The van der Waals surface area contributed by atoms with Gasteiger partial charge in [-0.05, 0) is 36.8 Å². The third-order valence-electron chi connectivity index (χ3n) is 4.75. The molecular weight excluding hydrogens is 358 g/mol. The van der Waals surface area contributed by atoms with E-state index in [0.717, 1.165) is 11.1 Å². The molecule has 0 spiro atoms. The molecule has 1 N–H and O–H groups in total. The number of nitrogens with one attached hydrogen (secondary N) is 1. The smallest absolute Gasteiger partial charge is 0.276 e. The molecule has 140 valence electrons. The van der Waals surface area contributed by atoms with Gasteiger partial charge in [-0.25, -0.2) is 13.8 Å². The van der Waals surface area contributed by atoms with Crippen LogP contribution in [0.4, 0.5) is 8.78 Å². The molecule has 1 amide bonds. The van der Waals surface area contributed by atoms with Crippen LogP contribution in [0.1, 0.15) is 33.1 Å². The molecule has 0 saturated carbocycles. The fourth-order valence-electron chi connectivity index (χ4n) is 3.25. The number of amides is 1. The summed E-state index contributed by atoms with van der Waals surface area (Å²) in [5.41, 5.74) is 5.93. The standard InChI is InChI=1S/C23H18F2N2O/c1-15-10-12-16(13-11-15)21-14-22(17-6-2-4-8-19(17)24)27(26-21)23(28)18-7-3-5-9-20(18)25/h2-14,22,26H,1H3/t22-/m0/s1. The summed E-state index contributed by atoms with van der Waals surface area (Å²) in [5.74, 6) is -1.61. The van der Waals surface area contributed by atoms with Gasteiger partial charge in [0.05, 0.1) is 11.3 Å². The van der Waals surface area contributed by atoms with Gasteiger partial charge in [0, 0.05) is 5.56 Å². The van der Waals surface area contributed by atoms with Crippen molar-refractivity contribution in [2.24, 2.45) is 0 Å². The Hall–Kier alpha value is -3.47. The summed E-state index contributed by atoms with van der Waals surface area (Å²) in [6, 6.07) is 19.1. The number of hydrogen-bond acceptors (Lipinski definition) is 2. The van der Waals surface area contributed by atoms with Crippen LogP contribution in [0, 0.1) is 18.6 Å². The van der Waals surface area contributed by atoms with Gasteiger partial charge in [0.2, 0.25) is 0 Å². The lowest BCUT2D eigenvalue weighted by molar-refractivity contribution is 0.0665. The minimum absolute atomic E-state index is 0.0742. The van der Waals surface area contributed by atoms with Crippen LogP contribution in [0.3, 0.4) is 0 Å². The fraction of sp³-hybridized carbons (Fsp3) is 0.0870. The summed E-state index contributed by atoms with van der Waals surface area (Å²) in [7, 11) is 0. The van der Waals surface area contributed by atoms with Crippen molar-refractivity contribution in [3.05, 3.63) is 113 Å². The van der Waals surface area contributed by atoms with Gasteiger partial charge < -0.3 is 0 Å². The van der Waals surface area contributed by atoms with E-state index >= 15 is 0 Å². The van der Waals surface area contributed by atoms with E-state index in [1.54, 1.807) is 30.3 Å². The summed E-state index contributed by atoms with van der Waals surface area (Å²) in [6.45, 7) is 1.98. The Kier molecular flexibility index (Phi) is 4.65. The molecule has 5 heteroatoms. The predicted molar refractivity (Wildman–Crippen MR) is 104 cm³/mol. The molecule has 0 aliphatic carbocycles. The number of aryl methyl sites for hydroxylation is 1. The van der Waals surface area contributed by atoms with Gasteiger partial charge in [0.25, 0.3) is 5.91 Å². The van der Waals surface area contributed by atoms with Crippen molar-refractivity contribution in [1.29, 1.82) is 0 Å². The second-order valence-corrected chi connectivity index (χ2v) is 6.68. The van der Waals surface area contributed by atoms with Crippen LogP contribution in [0.15, 0.2) is 78.9 Å². The summed E-state index contributed by atoms with van der Waals surface area (Å²) < 4.78 is 28.7. The third kappa shape index (κ3) is 3.27. The Labute approximate surface area is 161 Å². The number of hydrogen-bond donors (Lipinski definition) is 1. The maximum atomic E-state index is 14.5. The Morgan fingerprint density at radius 3 is 2.21 bits per heavy atom. The molecule has 3 aromatic rings. The molecule has 1 aliphatic heterocycles. The SMILES string of the molecule is Cc1ccc(C2=C[C@@H](c3ccccc3F)N(C(=O)c3ccccc3F)N2)cc1. The first kappa shape index (κ1) is 17.9. The van der Waals surface area contributed by atoms with Crippen molar-refractivity contribution >= 4 is 11.6 Å². The van der Waals surface area contributed by atoms with Crippen molar-refractivity contribution in [1.82, 2.24) is 10.4 Å². The van der Waals surface area contributed by atoms with E-state index in [1.807, 2.05) is 31.2 Å². The van der Waals surface area contributed by atoms with Gasteiger partial charge in [-0.15, -0.1) is 0 Å². The van der Waals surface area contributed by atoms with E-state index in [2.05, 4.69) is 5.43 Å². The monoisotopic (exact) mass is 376 g/mol. The topological polar surface area (TPSA) is 32.3 Å². The number of carbonyl (C=O) groups is 1. The highest BCUT2D eigenvalue weighted by Crippen LogP contribution is 2.33. The zero-order chi connectivity index (χ0) is 19.7. The summed E-state index contributed by atoms with van der Waals surface area (Å²) in [5, 5.41) is 1.27. The summed E-state index contributed by atoms with van der Waals surface area (Å²) >= 11 is 0. The van der Waals surface area contributed by atoms with E-state index in [9.17, 15) is 13.6 Å². The average molecular weight is 376 g/mol. The quantitative estimate of drug-likeness (QED) is 0.696. The normalized spacial score (nSPS) is 15.9. The van der Waals surface area contributed by atoms with E-state index in [-0.39, 0.29) is 5.56 Å². The second-order valence-electron chi connectivity index (χ2n) is 6.68. The van der Waals surface area contributed by atoms with E-state index < -0.39 is 23.6 Å². The molecular formula is C23H18F2N2O. The van der Waals surface area contributed by atoms with Crippen LogP contribution in [-0.4, -0.2) is 10.9 Å². The molecule has 0 fully saturated rings. The Bertz CT molecular complexity index is 1060. The van der Waals surface area contributed by atoms with Gasteiger partial charge >= 0.3 is 0 Å². The van der Waals surface area contributed by atoms with Crippen LogP contribution >= 0.6 is 0 Å². The zero-order valence-electron chi connectivity index (χ0n) is 15.2. The molecule has 3 nitrogen and oxygen atoms in total. The Balaban J connectivity index is 1.77. The van der Waals surface area contributed by atoms with Crippen molar-refractivity contribution in [3.63, 3.8) is 0 Å². The predicted octanol–water partition coefficient (Wildman–Crippen LogP) is 5.02. The zero-order valence-corrected chi connectivity index (χ0v) is 15.2. The lowest BCUT2D eigenvalue weighted by Crippen LogP contribution is -2.40. The molecule has 1 atom stereocenters. The maximum absolute atomic E-state index is 14.5. The molecule has 0 bridgehead atoms. The summed E-state index contributed by atoms with van der Waals surface area (Å²) in [4.78, 5) is 13.1. The molecule has 0 saturated heterocycles. The first-order valence-corrected chi connectivity index (χ1v) is 8.92. The summed E-state index contributed by atoms with van der Waals surface area (Å²) in [6.07, 6.45) is 1.78. The second kappa shape index (κ2) is 7.27. The highest BCUT2D eigenvalue weighted by Gasteiger charge is 2.33. The number of halogens is 2. The highest BCUT2D eigenvalue weighted by atomic mass is 19.1. The number of hydrazine groups is 1. The fourth-order valence-corrected chi connectivity index (χ4v) is 3.25. The molecule has 4 rings (SSSR count). The lowest BCUT2D eigenvalue weighted by atomic mass is 10.0. The van der Waals surface area contributed by atoms with Crippen LogP contribution in [0.25, 0.3) is 5.70 Å². The van der Waals surface area contributed by atoms with Crippen LogP contribution in [-0.2, 0) is 0 Å². The molecule has 3 aromatic carbocycles. The van der Waals surface area contributed by atoms with Crippen molar-refractivity contribution < 1.29 is 13.6 Å². The molecule has 0 radical (unpaired) electrons. The molecule has 0 aromatic heterocycles. The first-order valence-electron chi connectivity index (χ1n) is 8.92. The van der Waals surface area contributed by atoms with Crippen LogP contribution < -0.4 is 5.43 Å². The first-order chi connectivity index (χ1) is 13.5. The molecule has 1 heterocycles. The van der Waals surface area contributed by atoms with Crippen molar-refractivity contribution in [3.8, 4) is 0 Å². The van der Waals surface area contributed by atoms with Crippen LogP contribution in [0.2, 0.25) is 0 Å². The van der Waals surface area contributed by atoms with E-state index in [1.165, 1.54) is 29.3 Å². The minimum atomic E-state index is -0.704. The minimum Gasteiger partial charge on any atom is -0.295 e. The Morgan fingerprint density at radius 1 is 0.893 bits per heavy atom. The van der Waals surface area contributed by atoms with Gasteiger partial charge in [-0.2, -0.15) is 0 Å². The molecule has 1 aliphatic rings. The van der Waals surface area contributed by atoms with Gasteiger partial charge in [0.1, 0.15) is 17.7 Å². The molecule has 28 heavy (non-hydrogen) atoms.